The van der Waals surface area contributed by atoms with Crippen LogP contribution in [0.5, 0.6) is 0 Å². The van der Waals surface area contributed by atoms with Crippen molar-refractivity contribution < 1.29 is 4.79 Å². The van der Waals surface area contributed by atoms with E-state index in [0.717, 1.165) is 25.7 Å². The quantitative estimate of drug-likeness (QED) is 0.678. The number of allylic oxidation sites excluding steroid dienone is 2. The maximum absolute atomic E-state index is 12.2. The Kier molecular flexibility index (Phi) is 2.69. The molecular formula is C15H21NO. The fraction of sp³-hybridized carbons (Fsp3) is 0.733. The average Bonchev–Trinajstić information content (AvgIpc) is 2.17. The van der Waals surface area contributed by atoms with Gasteiger partial charge in [-0.05, 0) is 36.5 Å². The van der Waals surface area contributed by atoms with Crippen molar-refractivity contribution >= 4 is 5.78 Å². The molecule has 0 spiro atoms. The number of hydrogen-bond acceptors (Lipinski definition) is 2. The second-order valence-corrected chi connectivity index (χ2v) is 7.00. The van der Waals surface area contributed by atoms with E-state index in [-0.39, 0.29) is 10.8 Å². The van der Waals surface area contributed by atoms with Crippen LogP contribution in [0.2, 0.25) is 0 Å². The summed E-state index contributed by atoms with van der Waals surface area (Å²) in [5, 5.41) is 8.51. The summed E-state index contributed by atoms with van der Waals surface area (Å²) in [4.78, 5) is 12.2. The van der Waals surface area contributed by atoms with E-state index in [1.807, 2.05) is 12.1 Å². The van der Waals surface area contributed by atoms with Crippen LogP contribution in [-0.2, 0) is 4.79 Å². The molecule has 0 aliphatic heterocycles. The molecule has 3 aliphatic carbocycles. The van der Waals surface area contributed by atoms with Crippen LogP contribution in [0.4, 0.5) is 0 Å². The molecule has 3 aliphatic rings. The number of nitrogens with zero attached hydrogens (tertiary/aromatic N) is 1. The molecule has 0 radical (unpaired) electrons. The fourth-order valence-electron chi connectivity index (χ4n) is 3.64. The number of hydrogen-bond donors (Lipinski definition) is 0. The topological polar surface area (TPSA) is 40.9 Å². The normalized spacial score (nSPS) is 34.9. The van der Waals surface area contributed by atoms with Crippen molar-refractivity contribution in [2.24, 2.45) is 16.2 Å². The van der Waals surface area contributed by atoms with Gasteiger partial charge in [0.05, 0.1) is 6.07 Å². The molecule has 0 N–H and O–H groups in total. The van der Waals surface area contributed by atoms with Gasteiger partial charge in [0.15, 0.2) is 0 Å². The lowest BCUT2D eigenvalue weighted by molar-refractivity contribution is -0.197. The second-order valence-electron chi connectivity index (χ2n) is 7.00. The van der Waals surface area contributed by atoms with Crippen LogP contribution in [0.15, 0.2) is 12.2 Å². The third kappa shape index (κ3) is 2.16. The summed E-state index contributed by atoms with van der Waals surface area (Å²) in [7, 11) is 0. The standard InChI is InChI=1S/C15H21NO/c1-13(2,6-4-8-16)7-5-12(17)15-9-14(3,10-15)11-15/h4,6H,5,7,9-11H2,1-3H3/b6-4+. The first-order chi connectivity index (χ1) is 7.81. The predicted molar refractivity (Wildman–Crippen MR) is 67.2 cm³/mol. The summed E-state index contributed by atoms with van der Waals surface area (Å²) < 4.78 is 0. The van der Waals surface area contributed by atoms with Crippen molar-refractivity contribution in [1.29, 1.82) is 5.26 Å². The summed E-state index contributed by atoms with van der Waals surface area (Å²) in [5.41, 5.74) is 0.536. The Morgan fingerprint density at radius 1 is 1.41 bits per heavy atom. The van der Waals surface area contributed by atoms with E-state index in [9.17, 15) is 4.79 Å². The maximum atomic E-state index is 12.2. The largest absolute Gasteiger partial charge is 0.299 e. The van der Waals surface area contributed by atoms with Crippen LogP contribution in [0.1, 0.15) is 52.9 Å². The van der Waals surface area contributed by atoms with E-state index in [0.29, 0.717) is 17.6 Å². The van der Waals surface area contributed by atoms with Gasteiger partial charge in [-0.3, -0.25) is 4.79 Å². The zero-order valence-electron chi connectivity index (χ0n) is 11.0. The highest BCUT2D eigenvalue weighted by Gasteiger charge is 2.67. The summed E-state index contributed by atoms with van der Waals surface area (Å²) >= 11 is 0. The van der Waals surface area contributed by atoms with Gasteiger partial charge in [-0.15, -0.1) is 0 Å². The lowest BCUT2D eigenvalue weighted by Gasteiger charge is -2.68. The highest BCUT2D eigenvalue weighted by Crippen LogP contribution is 2.73. The van der Waals surface area contributed by atoms with Crippen molar-refractivity contribution in [1.82, 2.24) is 0 Å². The molecule has 0 aromatic rings. The van der Waals surface area contributed by atoms with E-state index in [4.69, 9.17) is 5.26 Å². The van der Waals surface area contributed by atoms with Crippen LogP contribution in [-0.4, -0.2) is 5.78 Å². The number of Topliss-reactive ketones (excluding diaryl/α,β-unsaturated/α-hetero) is 1. The van der Waals surface area contributed by atoms with Crippen LogP contribution < -0.4 is 0 Å². The third-order valence-corrected chi connectivity index (χ3v) is 4.49. The van der Waals surface area contributed by atoms with Gasteiger partial charge in [0.1, 0.15) is 5.78 Å². The van der Waals surface area contributed by atoms with Gasteiger partial charge < -0.3 is 0 Å². The number of nitriles is 1. The molecule has 2 nitrogen and oxygen atoms in total. The van der Waals surface area contributed by atoms with Gasteiger partial charge in [0.2, 0.25) is 0 Å². The van der Waals surface area contributed by atoms with Crippen LogP contribution in [0.3, 0.4) is 0 Å². The Balaban J connectivity index is 1.81. The first-order valence-electron chi connectivity index (χ1n) is 6.42. The Morgan fingerprint density at radius 2 is 2.00 bits per heavy atom. The monoisotopic (exact) mass is 231 g/mol. The van der Waals surface area contributed by atoms with Gasteiger partial charge in [-0.1, -0.05) is 26.8 Å². The minimum absolute atomic E-state index is 0.0428. The van der Waals surface area contributed by atoms with E-state index in [2.05, 4.69) is 20.8 Å². The van der Waals surface area contributed by atoms with Crippen molar-refractivity contribution in [3.05, 3.63) is 12.2 Å². The summed E-state index contributed by atoms with van der Waals surface area (Å²) in [5.74, 6) is 0.458. The van der Waals surface area contributed by atoms with Gasteiger partial charge in [-0.2, -0.15) is 5.26 Å². The Bertz CT molecular complexity index is 391. The number of rotatable bonds is 5. The van der Waals surface area contributed by atoms with Gasteiger partial charge >= 0.3 is 0 Å². The van der Waals surface area contributed by atoms with E-state index >= 15 is 0 Å². The zero-order chi connectivity index (χ0) is 12.7. The molecule has 2 heteroatoms. The molecule has 3 fully saturated rings. The van der Waals surface area contributed by atoms with Crippen molar-refractivity contribution in [3.8, 4) is 6.07 Å². The molecule has 0 unspecified atom stereocenters. The van der Waals surface area contributed by atoms with Gasteiger partial charge in [-0.25, -0.2) is 0 Å². The number of carbonyl (C=O) groups excluding carboxylic acids is 1. The van der Waals surface area contributed by atoms with Gasteiger partial charge in [0.25, 0.3) is 0 Å². The molecule has 17 heavy (non-hydrogen) atoms. The molecule has 92 valence electrons. The number of carbonyl (C=O) groups is 1. The van der Waals surface area contributed by atoms with Crippen LogP contribution >= 0.6 is 0 Å². The van der Waals surface area contributed by atoms with E-state index in [1.165, 1.54) is 6.08 Å². The van der Waals surface area contributed by atoms with Crippen molar-refractivity contribution in [2.75, 3.05) is 0 Å². The smallest absolute Gasteiger partial charge is 0.139 e. The summed E-state index contributed by atoms with van der Waals surface area (Å²) in [6, 6.07) is 2.01. The van der Waals surface area contributed by atoms with Crippen molar-refractivity contribution in [2.45, 2.75) is 52.9 Å². The first kappa shape index (κ1) is 12.4. The Morgan fingerprint density at radius 3 is 2.47 bits per heavy atom. The Hall–Kier alpha value is -1.10. The zero-order valence-corrected chi connectivity index (χ0v) is 11.0. The average molecular weight is 231 g/mol. The lowest BCUT2D eigenvalue weighted by Crippen LogP contribution is -2.63. The van der Waals surface area contributed by atoms with Gasteiger partial charge in [0, 0.05) is 17.9 Å². The van der Waals surface area contributed by atoms with E-state index < -0.39 is 0 Å². The molecule has 3 saturated carbocycles. The minimum Gasteiger partial charge on any atom is -0.299 e. The minimum atomic E-state index is -0.0428. The van der Waals surface area contributed by atoms with E-state index in [1.54, 1.807) is 0 Å². The molecule has 0 aromatic heterocycles. The molecule has 0 atom stereocenters. The highest BCUT2D eigenvalue weighted by molar-refractivity contribution is 5.88. The lowest BCUT2D eigenvalue weighted by atomic mass is 9.34. The third-order valence-electron chi connectivity index (χ3n) is 4.49. The SMILES string of the molecule is CC(C)(/C=C/C#N)CCC(=O)C12CC(C)(C1)C2. The molecule has 3 rings (SSSR count). The second kappa shape index (κ2) is 3.70. The number of ketones is 1. The van der Waals surface area contributed by atoms with Crippen molar-refractivity contribution in [3.63, 3.8) is 0 Å². The predicted octanol–water partition coefficient (Wildman–Crippen LogP) is 3.63. The highest BCUT2D eigenvalue weighted by atomic mass is 16.1. The molecule has 0 saturated heterocycles. The Labute approximate surface area is 104 Å². The maximum Gasteiger partial charge on any atom is 0.139 e. The summed E-state index contributed by atoms with van der Waals surface area (Å²) in [6.45, 7) is 6.44. The molecule has 0 heterocycles. The fourth-order valence-corrected chi connectivity index (χ4v) is 3.64. The van der Waals surface area contributed by atoms with Crippen LogP contribution in [0, 0.1) is 27.6 Å². The first-order valence-corrected chi connectivity index (χ1v) is 6.42. The molecule has 0 amide bonds. The molecular weight excluding hydrogens is 210 g/mol. The molecule has 2 bridgehead atoms. The molecule has 0 aromatic carbocycles. The van der Waals surface area contributed by atoms with Crippen LogP contribution in [0.25, 0.3) is 0 Å². The summed E-state index contributed by atoms with van der Waals surface area (Å²) in [6.07, 6.45) is 8.30.